The van der Waals surface area contributed by atoms with Crippen molar-refractivity contribution in [2.45, 2.75) is 19.8 Å². The van der Waals surface area contributed by atoms with E-state index in [1.807, 2.05) is 6.08 Å². The summed E-state index contributed by atoms with van der Waals surface area (Å²) in [6.07, 6.45) is 8.47. The molecule has 1 aliphatic rings. The molecule has 0 unspecified atom stereocenters. The van der Waals surface area contributed by atoms with Gasteiger partial charge in [0.05, 0.1) is 7.11 Å². The molecule has 1 radical (unpaired) electrons. The highest BCUT2D eigenvalue weighted by atomic mass is 16.5. The third kappa shape index (κ3) is 1.41. The second-order valence-corrected chi connectivity index (χ2v) is 2.29. The molecule has 0 bridgehead atoms. The summed E-state index contributed by atoms with van der Waals surface area (Å²) in [4.78, 5) is 0. The van der Waals surface area contributed by atoms with E-state index in [1.54, 1.807) is 7.11 Å². The van der Waals surface area contributed by atoms with Gasteiger partial charge in [0.25, 0.3) is 0 Å². The first-order valence-electron chi connectivity index (χ1n) is 3.65. The topological polar surface area (TPSA) is 9.23 Å². The van der Waals surface area contributed by atoms with Crippen LogP contribution < -0.4 is 0 Å². The highest BCUT2D eigenvalue weighted by Crippen LogP contribution is 2.20. The first kappa shape index (κ1) is 7.39. The van der Waals surface area contributed by atoms with E-state index < -0.39 is 0 Å². The molecule has 0 aromatic heterocycles. The maximum absolute atomic E-state index is 5.16. The van der Waals surface area contributed by atoms with Crippen molar-refractivity contribution in [2.24, 2.45) is 0 Å². The van der Waals surface area contributed by atoms with Crippen LogP contribution in [0.5, 0.6) is 0 Å². The lowest BCUT2D eigenvalue weighted by Crippen LogP contribution is -1.96. The fraction of sp³-hybridized carbons (Fsp3) is 0.444. The van der Waals surface area contributed by atoms with Crippen LogP contribution in [0.25, 0.3) is 0 Å². The summed E-state index contributed by atoms with van der Waals surface area (Å²) >= 11 is 0. The molecule has 0 atom stereocenters. The molecule has 0 amide bonds. The van der Waals surface area contributed by atoms with Gasteiger partial charge in [0.1, 0.15) is 5.76 Å². The van der Waals surface area contributed by atoms with Crippen LogP contribution in [0.4, 0.5) is 0 Å². The van der Waals surface area contributed by atoms with E-state index in [-0.39, 0.29) is 0 Å². The average molecular weight is 137 g/mol. The smallest absolute Gasteiger partial charge is 0.118 e. The standard InChI is InChI=1S/C9H13O/c1-3-8-6-4-5-7-9(8)10-2/h5-7H,3-4H2,1-2H3. The summed E-state index contributed by atoms with van der Waals surface area (Å²) in [5.74, 6) is 1.02. The van der Waals surface area contributed by atoms with Crippen LogP contribution in [-0.4, -0.2) is 7.11 Å². The van der Waals surface area contributed by atoms with Gasteiger partial charge < -0.3 is 4.74 Å². The number of methoxy groups -OCH3 is 1. The molecule has 0 saturated carbocycles. The van der Waals surface area contributed by atoms with Crippen LogP contribution in [0.15, 0.2) is 23.5 Å². The molecule has 0 fully saturated rings. The van der Waals surface area contributed by atoms with Gasteiger partial charge in [0.15, 0.2) is 0 Å². The minimum absolute atomic E-state index is 1.02. The van der Waals surface area contributed by atoms with Gasteiger partial charge >= 0.3 is 0 Å². The Balaban J connectivity index is 2.67. The number of allylic oxidation sites excluding steroid dienone is 3. The molecule has 55 valence electrons. The molecule has 0 heterocycles. The highest BCUT2D eigenvalue weighted by molar-refractivity contribution is 5.32. The van der Waals surface area contributed by atoms with Gasteiger partial charge in [-0.3, -0.25) is 0 Å². The van der Waals surface area contributed by atoms with E-state index in [0.717, 1.165) is 18.6 Å². The number of rotatable bonds is 2. The molecule has 0 saturated heterocycles. The lowest BCUT2D eigenvalue weighted by atomic mass is 10.0. The highest BCUT2D eigenvalue weighted by Gasteiger charge is 2.05. The quantitative estimate of drug-likeness (QED) is 0.568. The second-order valence-electron chi connectivity index (χ2n) is 2.29. The minimum Gasteiger partial charge on any atom is -0.497 e. The predicted octanol–water partition coefficient (Wildman–Crippen LogP) is 2.46. The monoisotopic (exact) mass is 137 g/mol. The summed E-state index contributed by atoms with van der Waals surface area (Å²) in [5, 5.41) is 0. The van der Waals surface area contributed by atoms with Crippen molar-refractivity contribution in [3.8, 4) is 0 Å². The number of ether oxygens (including phenoxy) is 1. The van der Waals surface area contributed by atoms with Crippen molar-refractivity contribution in [1.29, 1.82) is 0 Å². The molecule has 0 aliphatic heterocycles. The Bertz CT molecular complexity index is 146. The van der Waals surface area contributed by atoms with Gasteiger partial charge in [-0.1, -0.05) is 13.0 Å². The molecule has 0 aromatic carbocycles. The summed E-state index contributed by atoms with van der Waals surface area (Å²) in [6, 6.07) is 0. The summed E-state index contributed by atoms with van der Waals surface area (Å²) in [6.45, 7) is 2.14. The molecule has 0 N–H and O–H groups in total. The fourth-order valence-corrected chi connectivity index (χ4v) is 1.11. The van der Waals surface area contributed by atoms with Crippen LogP contribution in [0.1, 0.15) is 19.8 Å². The molecule has 1 aliphatic carbocycles. The Labute approximate surface area is 62.4 Å². The third-order valence-electron chi connectivity index (χ3n) is 1.69. The van der Waals surface area contributed by atoms with E-state index >= 15 is 0 Å². The number of hydrogen-bond acceptors (Lipinski definition) is 1. The lowest BCUT2D eigenvalue weighted by Gasteiger charge is -2.12. The molecule has 1 rings (SSSR count). The summed E-state index contributed by atoms with van der Waals surface area (Å²) < 4.78 is 5.16. The van der Waals surface area contributed by atoms with Gasteiger partial charge in [0.2, 0.25) is 0 Å². The van der Waals surface area contributed by atoms with Gasteiger partial charge in [-0.15, -0.1) is 0 Å². The predicted molar refractivity (Wildman–Crippen MR) is 42.4 cm³/mol. The zero-order valence-electron chi connectivity index (χ0n) is 6.55. The Hall–Kier alpha value is -0.720. The molecule has 1 heteroatoms. The van der Waals surface area contributed by atoms with Crippen molar-refractivity contribution in [1.82, 2.24) is 0 Å². The van der Waals surface area contributed by atoms with Crippen LogP contribution in [0.2, 0.25) is 0 Å². The van der Waals surface area contributed by atoms with Crippen molar-refractivity contribution in [3.63, 3.8) is 0 Å². The number of hydrogen-bond donors (Lipinski definition) is 0. The van der Waals surface area contributed by atoms with E-state index in [4.69, 9.17) is 4.74 Å². The zero-order chi connectivity index (χ0) is 7.40. The van der Waals surface area contributed by atoms with Crippen molar-refractivity contribution in [3.05, 3.63) is 29.9 Å². The summed E-state index contributed by atoms with van der Waals surface area (Å²) in [5.41, 5.74) is 1.32. The minimum atomic E-state index is 1.02. The van der Waals surface area contributed by atoms with Crippen LogP contribution in [0.3, 0.4) is 0 Å². The maximum atomic E-state index is 5.16. The molecule has 1 nitrogen and oxygen atoms in total. The first-order chi connectivity index (χ1) is 4.88. The van der Waals surface area contributed by atoms with Gasteiger partial charge in [-0.25, -0.2) is 0 Å². The third-order valence-corrected chi connectivity index (χ3v) is 1.69. The van der Waals surface area contributed by atoms with E-state index in [0.29, 0.717) is 0 Å². The van der Waals surface area contributed by atoms with E-state index in [9.17, 15) is 0 Å². The maximum Gasteiger partial charge on any atom is 0.118 e. The molecular weight excluding hydrogens is 124 g/mol. The SMILES string of the molecule is CCC1=CC[CH]C=C1OC. The van der Waals surface area contributed by atoms with Gasteiger partial charge in [0, 0.05) is 0 Å². The Morgan fingerprint density at radius 1 is 1.60 bits per heavy atom. The Morgan fingerprint density at radius 3 is 2.90 bits per heavy atom. The van der Waals surface area contributed by atoms with Crippen molar-refractivity contribution < 1.29 is 4.74 Å². The molecular formula is C9H13O. The van der Waals surface area contributed by atoms with Crippen LogP contribution in [-0.2, 0) is 4.74 Å². The molecule has 0 spiro atoms. The van der Waals surface area contributed by atoms with Crippen LogP contribution in [0, 0.1) is 6.42 Å². The lowest BCUT2D eigenvalue weighted by molar-refractivity contribution is 0.297. The zero-order valence-corrected chi connectivity index (χ0v) is 6.55. The van der Waals surface area contributed by atoms with Crippen molar-refractivity contribution >= 4 is 0 Å². The van der Waals surface area contributed by atoms with Crippen LogP contribution >= 0.6 is 0 Å². The molecule has 0 aromatic rings. The summed E-state index contributed by atoms with van der Waals surface area (Å²) in [7, 11) is 1.72. The second kappa shape index (κ2) is 3.45. The van der Waals surface area contributed by atoms with E-state index in [1.165, 1.54) is 5.57 Å². The van der Waals surface area contributed by atoms with Gasteiger partial charge in [-0.2, -0.15) is 0 Å². The van der Waals surface area contributed by atoms with E-state index in [2.05, 4.69) is 19.4 Å². The normalized spacial score (nSPS) is 17.8. The Kier molecular flexibility index (Phi) is 2.55. The van der Waals surface area contributed by atoms with Crippen molar-refractivity contribution in [2.75, 3.05) is 7.11 Å². The average Bonchev–Trinajstić information content (AvgIpc) is 2.04. The van der Waals surface area contributed by atoms with Gasteiger partial charge in [-0.05, 0) is 30.9 Å². The fourth-order valence-electron chi connectivity index (χ4n) is 1.11. The first-order valence-corrected chi connectivity index (χ1v) is 3.65. The molecule has 10 heavy (non-hydrogen) atoms. The largest absolute Gasteiger partial charge is 0.497 e. The Morgan fingerprint density at radius 2 is 2.40 bits per heavy atom.